The quantitative estimate of drug-likeness (QED) is 0.684. The fourth-order valence-corrected chi connectivity index (χ4v) is 5.54. The van der Waals surface area contributed by atoms with Gasteiger partial charge in [-0.2, -0.15) is 4.31 Å². The molecule has 0 atom stereocenters. The second-order valence-corrected chi connectivity index (χ2v) is 10.6. The number of rotatable bonds is 6. The molecule has 2 heterocycles. The minimum Gasteiger partial charge on any atom is -0.483 e. The highest BCUT2D eigenvalue weighted by Crippen LogP contribution is 2.41. The average molecular weight is 445 g/mol. The van der Waals surface area contributed by atoms with Crippen LogP contribution in [0.15, 0.2) is 48.5 Å². The number of hydrogen-bond acceptors (Lipinski definition) is 5. The van der Waals surface area contributed by atoms with Crippen molar-refractivity contribution in [3.8, 4) is 11.5 Å². The Labute approximate surface area is 183 Å². The van der Waals surface area contributed by atoms with Crippen LogP contribution in [0.4, 0.5) is 0 Å². The summed E-state index contributed by atoms with van der Waals surface area (Å²) in [5.74, 6) is 1.09. The Morgan fingerprint density at radius 1 is 1.03 bits per heavy atom. The number of ether oxygens (including phenoxy) is 2. The lowest BCUT2D eigenvalue weighted by molar-refractivity contribution is -0.134. The zero-order chi connectivity index (χ0) is 22.1. The van der Waals surface area contributed by atoms with Gasteiger partial charge in [0.2, 0.25) is 10.0 Å². The second-order valence-electron chi connectivity index (χ2n) is 8.59. The molecule has 31 heavy (non-hydrogen) atoms. The topological polar surface area (TPSA) is 76.2 Å². The summed E-state index contributed by atoms with van der Waals surface area (Å²) < 4.78 is 38.6. The zero-order valence-electron chi connectivity index (χ0n) is 17.9. The summed E-state index contributed by atoms with van der Waals surface area (Å²) in [5, 5.41) is 0. The largest absolute Gasteiger partial charge is 0.483 e. The smallest absolute Gasteiger partial charge is 0.260 e. The number of benzene rings is 2. The molecule has 0 radical (unpaired) electrons. The maximum Gasteiger partial charge on any atom is 0.260 e. The molecule has 1 amide bonds. The van der Waals surface area contributed by atoms with Gasteiger partial charge in [-0.1, -0.05) is 42.5 Å². The van der Waals surface area contributed by atoms with Crippen molar-refractivity contribution in [2.75, 3.05) is 32.8 Å². The van der Waals surface area contributed by atoms with Crippen LogP contribution in [-0.4, -0.2) is 61.9 Å². The lowest BCUT2D eigenvalue weighted by Crippen LogP contribution is -2.51. The number of sulfonamides is 1. The van der Waals surface area contributed by atoms with Gasteiger partial charge in [-0.05, 0) is 25.5 Å². The van der Waals surface area contributed by atoms with Gasteiger partial charge in [0.15, 0.2) is 18.1 Å². The minimum absolute atomic E-state index is 0.0274. The normalized spacial score (nSPS) is 18.3. The number of para-hydroxylation sites is 1. The summed E-state index contributed by atoms with van der Waals surface area (Å²) in [6.45, 7) is 5.23. The third kappa shape index (κ3) is 5.02. The molecule has 2 aromatic carbocycles. The lowest BCUT2D eigenvalue weighted by Gasteiger charge is -2.34. The van der Waals surface area contributed by atoms with E-state index in [1.165, 1.54) is 4.31 Å². The van der Waals surface area contributed by atoms with Gasteiger partial charge in [-0.25, -0.2) is 8.42 Å². The van der Waals surface area contributed by atoms with E-state index < -0.39 is 10.0 Å². The van der Waals surface area contributed by atoms with Gasteiger partial charge in [-0.3, -0.25) is 4.79 Å². The number of piperazine rings is 1. The van der Waals surface area contributed by atoms with E-state index in [0.717, 1.165) is 17.5 Å². The molecule has 0 N–H and O–H groups in total. The van der Waals surface area contributed by atoms with Crippen molar-refractivity contribution in [1.82, 2.24) is 9.21 Å². The van der Waals surface area contributed by atoms with Crippen molar-refractivity contribution < 1.29 is 22.7 Å². The van der Waals surface area contributed by atoms with Gasteiger partial charge >= 0.3 is 0 Å². The summed E-state index contributed by atoms with van der Waals surface area (Å²) in [6, 6.07) is 14.8. The Bertz CT molecular complexity index is 1040. The molecule has 2 aliphatic heterocycles. The summed E-state index contributed by atoms with van der Waals surface area (Å²) in [4.78, 5) is 14.3. The zero-order valence-corrected chi connectivity index (χ0v) is 18.7. The first-order chi connectivity index (χ1) is 14.7. The van der Waals surface area contributed by atoms with Crippen LogP contribution in [0.25, 0.3) is 0 Å². The highest BCUT2D eigenvalue weighted by molar-refractivity contribution is 7.88. The van der Waals surface area contributed by atoms with Gasteiger partial charge in [0.05, 0.1) is 5.75 Å². The number of hydrogen-bond donors (Lipinski definition) is 0. The van der Waals surface area contributed by atoms with E-state index in [9.17, 15) is 13.2 Å². The minimum atomic E-state index is -3.41. The van der Waals surface area contributed by atoms with Crippen LogP contribution >= 0.6 is 0 Å². The Morgan fingerprint density at radius 2 is 1.74 bits per heavy atom. The second kappa shape index (κ2) is 8.51. The van der Waals surface area contributed by atoms with E-state index in [-0.39, 0.29) is 23.9 Å². The van der Waals surface area contributed by atoms with E-state index in [0.29, 0.717) is 37.7 Å². The molecule has 0 aliphatic carbocycles. The summed E-state index contributed by atoms with van der Waals surface area (Å²) in [6.07, 6.45) is 0.799. The molecular weight excluding hydrogens is 416 g/mol. The molecule has 0 aromatic heterocycles. The summed E-state index contributed by atoms with van der Waals surface area (Å²) in [7, 11) is -3.41. The van der Waals surface area contributed by atoms with Crippen LogP contribution in [0, 0.1) is 0 Å². The average Bonchev–Trinajstić information content (AvgIpc) is 3.07. The Kier molecular flexibility index (Phi) is 5.94. The van der Waals surface area contributed by atoms with Gasteiger partial charge in [0.1, 0.15) is 5.60 Å². The molecular formula is C23H28N2O5S. The molecule has 1 fully saturated rings. The molecule has 0 bridgehead atoms. The van der Waals surface area contributed by atoms with Crippen molar-refractivity contribution in [2.45, 2.75) is 31.6 Å². The number of fused-ring (bicyclic) bond motifs is 1. The Hall–Kier alpha value is -2.58. The van der Waals surface area contributed by atoms with E-state index >= 15 is 0 Å². The fourth-order valence-electron chi connectivity index (χ4n) is 4.02. The molecule has 8 heteroatoms. The summed E-state index contributed by atoms with van der Waals surface area (Å²) in [5.41, 5.74) is 1.55. The van der Waals surface area contributed by atoms with Crippen molar-refractivity contribution in [2.24, 2.45) is 0 Å². The van der Waals surface area contributed by atoms with Gasteiger partial charge in [0.25, 0.3) is 5.91 Å². The maximum atomic E-state index is 12.7. The predicted octanol–water partition coefficient (Wildman–Crippen LogP) is 2.45. The van der Waals surface area contributed by atoms with Crippen molar-refractivity contribution in [1.29, 1.82) is 0 Å². The molecule has 2 aromatic rings. The molecule has 1 saturated heterocycles. The van der Waals surface area contributed by atoms with Crippen molar-refractivity contribution >= 4 is 15.9 Å². The van der Waals surface area contributed by atoms with Gasteiger partial charge in [0, 0.05) is 38.2 Å². The molecule has 0 unspecified atom stereocenters. The molecule has 4 rings (SSSR count). The van der Waals surface area contributed by atoms with Crippen LogP contribution in [-0.2, 0) is 27.0 Å². The SMILES string of the molecule is CC1(C)Cc2cccc(OCC(=O)N3CCN(S(=O)(=O)Cc4ccccc4)CC3)c2O1. The lowest BCUT2D eigenvalue weighted by atomic mass is 10.0. The van der Waals surface area contributed by atoms with Crippen LogP contribution in [0.3, 0.4) is 0 Å². The van der Waals surface area contributed by atoms with Crippen LogP contribution in [0.1, 0.15) is 25.0 Å². The third-order valence-electron chi connectivity index (χ3n) is 5.58. The molecule has 166 valence electrons. The first-order valence-electron chi connectivity index (χ1n) is 10.5. The number of carbonyl (C=O) groups is 1. The van der Waals surface area contributed by atoms with Gasteiger partial charge in [-0.15, -0.1) is 0 Å². The first-order valence-corrected chi connectivity index (χ1v) is 12.1. The first kappa shape index (κ1) is 21.6. The van der Waals surface area contributed by atoms with Crippen LogP contribution in [0.2, 0.25) is 0 Å². The van der Waals surface area contributed by atoms with Crippen LogP contribution < -0.4 is 9.47 Å². The molecule has 7 nitrogen and oxygen atoms in total. The van der Waals surface area contributed by atoms with E-state index in [1.807, 2.05) is 50.2 Å². The maximum absolute atomic E-state index is 12.7. The van der Waals surface area contributed by atoms with Crippen molar-refractivity contribution in [3.63, 3.8) is 0 Å². The van der Waals surface area contributed by atoms with Gasteiger partial charge < -0.3 is 14.4 Å². The Balaban J connectivity index is 1.30. The standard InChI is InChI=1S/C23H28N2O5S/c1-23(2)15-19-9-6-10-20(22(19)30-23)29-16-21(26)24-11-13-25(14-12-24)31(27,28)17-18-7-4-3-5-8-18/h3-10H,11-17H2,1-2H3. The molecule has 0 saturated carbocycles. The fraction of sp³-hybridized carbons (Fsp3) is 0.435. The van der Waals surface area contributed by atoms with Crippen LogP contribution in [0.5, 0.6) is 11.5 Å². The molecule has 0 spiro atoms. The van der Waals surface area contributed by atoms with E-state index in [2.05, 4.69) is 0 Å². The van der Waals surface area contributed by atoms with E-state index in [4.69, 9.17) is 9.47 Å². The highest BCUT2D eigenvalue weighted by atomic mass is 32.2. The highest BCUT2D eigenvalue weighted by Gasteiger charge is 2.33. The van der Waals surface area contributed by atoms with Crippen molar-refractivity contribution in [3.05, 3.63) is 59.7 Å². The number of amides is 1. The van der Waals surface area contributed by atoms with E-state index in [1.54, 1.807) is 17.0 Å². The molecule has 2 aliphatic rings. The third-order valence-corrected chi connectivity index (χ3v) is 7.43. The number of nitrogens with zero attached hydrogens (tertiary/aromatic N) is 2. The monoisotopic (exact) mass is 444 g/mol. The predicted molar refractivity (Wildman–Crippen MR) is 118 cm³/mol. The Morgan fingerprint density at radius 3 is 2.45 bits per heavy atom. The summed E-state index contributed by atoms with van der Waals surface area (Å²) >= 11 is 0. The number of carbonyl (C=O) groups excluding carboxylic acids is 1.